The van der Waals surface area contributed by atoms with E-state index in [0.29, 0.717) is 5.92 Å². The Kier molecular flexibility index (Phi) is 6.97. The van der Waals surface area contributed by atoms with Gasteiger partial charge in [0, 0.05) is 30.6 Å². The summed E-state index contributed by atoms with van der Waals surface area (Å²) in [5.74, 6) is 0.713. The van der Waals surface area contributed by atoms with Crippen LogP contribution in [0.1, 0.15) is 49.4 Å². The van der Waals surface area contributed by atoms with Gasteiger partial charge in [-0.1, -0.05) is 26.7 Å². The van der Waals surface area contributed by atoms with E-state index in [2.05, 4.69) is 35.2 Å². The minimum Gasteiger partial charge on any atom is -0.312 e. The van der Waals surface area contributed by atoms with Crippen LogP contribution >= 0.6 is 11.3 Å². The zero-order valence-corrected chi connectivity index (χ0v) is 13.8. The molecular formula is C16H29N3S. The van der Waals surface area contributed by atoms with Gasteiger partial charge < -0.3 is 10.2 Å². The Morgan fingerprint density at radius 3 is 2.70 bits per heavy atom. The molecule has 0 amide bonds. The smallest absolute Gasteiger partial charge is 0.0940 e. The predicted molar refractivity (Wildman–Crippen MR) is 87.3 cm³/mol. The van der Waals surface area contributed by atoms with Gasteiger partial charge in [0.15, 0.2) is 0 Å². The maximum absolute atomic E-state index is 4.57. The average Bonchev–Trinajstić information content (AvgIpc) is 2.71. The first-order valence-electron chi connectivity index (χ1n) is 8.10. The second-order valence-electron chi connectivity index (χ2n) is 6.25. The number of likely N-dealkylation sites (tertiary alicyclic amines) is 1. The Morgan fingerprint density at radius 1 is 1.25 bits per heavy atom. The van der Waals surface area contributed by atoms with Crippen molar-refractivity contribution >= 4 is 11.3 Å². The number of hydrogen-bond donors (Lipinski definition) is 1. The van der Waals surface area contributed by atoms with Crippen LogP contribution in [0.15, 0.2) is 6.20 Å². The van der Waals surface area contributed by atoms with E-state index in [0.717, 1.165) is 19.5 Å². The topological polar surface area (TPSA) is 28.2 Å². The molecule has 1 aromatic heterocycles. The number of thiazole rings is 1. The van der Waals surface area contributed by atoms with E-state index in [1.807, 2.05) is 11.3 Å². The standard InChI is InChI=1S/C16H29N3S/c1-14(2)11-17-12-15-13-18-16(20-15)7-10-19-8-5-3-4-6-9-19/h13-14,17H,3-12H2,1-2H3. The fourth-order valence-electron chi connectivity index (χ4n) is 2.64. The first-order chi connectivity index (χ1) is 9.74. The van der Waals surface area contributed by atoms with Crippen LogP contribution in [-0.4, -0.2) is 36.1 Å². The largest absolute Gasteiger partial charge is 0.312 e. The summed E-state index contributed by atoms with van der Waals surface area (Å²) >= 11 is 1.88. The minimum atomic E-state index is 0.713. The van der Waals surface area contributed by atoms with Crippen LogP contribution in [0.3, 0.4) is 0 Å². The van der Waals surface area contributed by atoms with Crippen molar-refractivity contribution in [2.75, 3.05) is 26.2 Å². The molecule has 0 spiro atoms. The monoisotopic (exact) mass is 295 g/mol. The first-order valence-corrected chi connectivity index (χ1v) is 8.92. The maximum atomic E-state index is 4.57. The minimum absolute atomic E-state index is 0.713. The van der Waals surface area contributed by atoms with Gasteiger partial charge in [-0.3, -0.25) is 0 Å². The van der Waals surface area contributed by atoms with E-state index >= 15 is 0 Å². The highest BCUT2D eigenvalue weighted by Gasteiger charge is 2.10. The van der Waals surface area contributed by atoms with E-state index < -0.39 is 0 Å². The Bertz CT molecular complexity index is 368. The lowest BCUT2D eigenvalue weighted by Crippen LogP contribution is -2.26. The Labute approximate surface area is 127 Å². The molecule has 0 aromatic carbocycles. The normalized spacial score (nSPS) is 17.6. The third-order valence-electron chi connectivity index (χ3n) is 3.79. The van der Waals surface area contributed by atoms with Crippen molar-refractivity contribution in [1.82, 2.24) is 15.2 Å². The van der Waals surface area contributed by atoms with Crippen LogP contribution in [-0.2, 0) is 13.0 Å². The third kappa shape index (κ3) is 5.90. The van der Waals surface area contributed by atoms with Gasteiger partial charge in [0.2, 0.25) is 0 Å². The molecule has 4 heteroatoms. The molecule has 2 rings (SSSR count). The molecule has 1 aliphatic heterocycles. The third-order valence-corrected chi connectivity index (χ3v) is 4.85. The molecule has 1 aromatic rings. The second-order valence-corrected chi connectivity index (χ2v) is 7.45. The molecule has 0 bridgehead atoms. The molecule has 0 unspecified atom stereocenters. The van der Waals surface area contributed by atoms with Crippen LogP contribution in [0.25, 0.3) is 0 Å². The molecule has 1 saturated heterocycles. The zero-order valence-electron chi connectivity index (χ0n) is 13.0. The second kappa shape index (κ2) is 8.75. The summed E-state index contributed by atoms with van der Waals surface area (Å²) in [6.45, 7) is 10.3. The number of aromatic nitrogens is 1. The molecule has 20 heavy (non-hydrogen) atoms. The van der Waals surface area contributed by atoms with Crippen molar-refractivity contribution in [3.63, 3.8) is 0 Å². The number of hydrogen-bond acceptors (Lipinski definition) is 4. The molecular weight excluding hydrogens is 266 g/mol. The summed E-state index contributed by atoms with van der Waals surface area (Å²) in [5, 5.41) is 4.79. The van der Waals surface area contributed by atoms with Gasteiger partial charge in [0.25, 0.3) is 0 Å². The van der Waals surface area contributed by atoms with Gasteiger partial charge in [-0.25, -0.2) is 4.98 Å². The number of nitrogens with one attached hydrogen (secondary N) is 1. The predicted octanol–water partition coefficient (Wildman–Crippen LogP) is 3.31. The van der Waals surface area contributed by atoms with Gasteiger partial charge in [-0.15, -0.1) is 11.3 Å². The van der Waals surface area contributed by atoms with Crippen LogP contribution in [0, 0.1) is 5.92 Å². The van der Waals surface area contributed by atoms with Crippen molar-refractivity contribution in [3.8, 4) is 0 Å². The first kappa shape index (κ1) is 15.9. The Balaban J connectivity index is 1.69. The van der Waals surface area contributed by atoms with Gasteiger partial charge in [-0.05, 0) is 38.4 Å². The van der Waals surface area contributed by atoms with Crippen molar-refractivity contribution in [1.29, 1.82) is 0 Å². The van der Waals surface area contributed by atoms with Crippen molar-refractivity contribution in [2.24, 2.45) is 5.92 Å². The van der Waals surface area contributed by atoms with Gasteiger partial charge in [0.1, 0.15) is 0 Å². The van der Waals surface area contributed by atoms with Crippen molar-refractivity contribution in [3.05, 3.63) is 16.1 Å². The average molecular weight is 295 g/mol. The quantitative estimate of drug-likeness (QED) is 0.836. The molecule has 0 atom stereocenters. The SMILES string of the molecule is CC(C)CNCc1cnc(CCN2CCCCCC2)s1. The van der Waals surface area contributed by atoms with Gasteiger partial charge in [0.05, 0.1) is 5.01 Å². The molecule has 114 valence electrons. The molecule has 2 heterocycles. The van der Waals surface area contributed by atoms with Gasteiger partial charge >= 0.3 is 0 Å². The molecule has 0 saturated carbocycles. The molecule has 1 aliphatic rings. The van der Waals surface area contributed by atoms with Crippen LogP contribution < -0.4 is 5.32 Å². The molecule has 0 radical (unpaired) electrons. The number of rotatable bonds is 7. The van der Waals surface area contributed by atoms with Crippen LogP contribution in [0.5, 0.6) is 0 Å². The van der Waals surface area contributed by atoms with Gasteiger partial charge in [-0.2, -0.15) is 0 Å². The Hall–Kier alpha value is -0.450. The van der Waals surface area contributed by atoms with E-state index in [9.17, 15) is 0 Å². The van der Waals surface area contributed by atoms with E-state index in [1.165, 1.54) is 55.2 Å². The maximum Gasteiger partial charge on any atom is 0.0940 e. The summed E-state index contributed by atoms with van der Waals surface area (Å²) in [5.41, 5.74) is 0. The van der Waals surface area contributed by atoms with Crippen molar-refractivity contribution < 1.29 is 0 Å². The highest BCUT2D eigenvalue weighted by atomic mass is 32.1. The molecule has 1 N–H and O–H groups in total. The van der Waals surface area contributed by atoms with Crippen LogP contribution in [0.4, 0.5) is 0 Å². The summed E-state index contributed by atoms with van der Waals surface area (Å²) in [6, 6.07) is 0. The molecule has 0 aliphatic carbocycles. The van der Waals surface area contributed by atoms with E-state index in [1.54, 1.807) is 0 Å². The highest BCUT2D eigenvalue weighted by Crippen LogP contribution is 2.15. The summed E-state index contributed by atoms with van der Waals surface area (Å²) in [4.78, 5) is 8.56. The molecule has 1 fully saturated rings. The lowest BCUT2D eigenvalue weighted by Gasteiger charge is -2.18. The fourth-order valence-corrected chi connectivity index (χ4v) is 3.52. The summed E-state index contributed by atoms with van der Waals surface area (Å²) in [6.07, 6.45) is 8.76. The zero-order chi connectivity index (χ0) is 14.2. The lowest BCUT2D eigenvalue weighted by molar-refractivity contribution is 0.288. The molecule has 3 nitrogen and oxygen atoms in total. The number of nitrogens with zero attached hydrogens (tertiary/aromatic N) is 2. The highest BCUT2D eigenvalue weighted by molar-refractivity contribution is 7.11. The summed E-state index contributed by atoms with van der Waals surface area (Å²) in [7, 11) is 0. The van der Waals surface area contributed by atoms with Crippen LogP contribution in [0.2, 0.25) is 0 Å². The van der Waals surface area contributed by atoms with E-state index in [-0.39, 0.29) is 0 Å². The van der Waals surface area contributed by atoms with E-state index in [4.69, 9.17) is 0 Å². The fraction of sp³-hybridized carbons (Fsp3) is 0.812. The Morgan fingerprint density at radius 2 is 2.00 bits per heavy atom. The lowest BCUT2D eigenvalue weighted by atomic mass is 10.2. The van der Waals surface area contributed by atoms with Crippen molar-refractivity contribution in [2.45, 2.75) is 52.5 Å². The summed E-state index contributed by atoms with van der Waals surface area (Å²) < 4.78 is 0.